The van der Waals surface area contributed by atoms with Crippen LogP contribution in [0.5, 0.6) is 0 Å². The molecule has 0 fully saturated rings. The third-order valence-electron chi connectivity index (χ3n) is 1.17. The quantitative estimate of drug-likeness (QED) is 0.402. The number of carbonyl (C=O) groups excluding carboxylic acids is 1. The summed E-state index contributed by atoms with van der Waals surface area (Å²) in [6, 6.07) is 2.66. The van der Waals surface area contributed by atoms with E-state index in [2.05, 4.69) is 8.60 Å². The van der Waals surface area contributed by atoms with Crippen LogP contribution < -0.4 is 29.6 Å². The zero-order valence-electron chi connectivity index (χ0n) is 8.18. The van der Waals surface area contributed by atoms with Gasteiger partial charge in [-0.15, -0.1) is 0 Å². The first-order valence-corrected chi connectivity index (χ1v) is 4.37. The molecule has 13 heavy (non-hydrogen) atoms. The van der Waals surface area contributed by atoms with Crippen molar-refractivity contribution in [3.63, 3.8) is 0 Å². The number of furan rings is 1. The predicted octanol–water partition coefficient (Wildman–Crippen LogP) is -2.49. The maximum atomic E-state index is 11.0. The Morgan fingerprint density at radius 3 is 2.62 bits per heavy atom. The van der Waals surface area contributed by atoms with Gasteiger partial charge < -0.3 is 5.84 Å². The minimum atomic E-state index is -4.15. The van der Waals surface area contributed by atoms with Gasteiger partial charge in [0.15, 0.2) is 5.76 Å². The number of hydrogen-bond acceptors (Lipinski definition) is 5. The van der Waals surface area contributed by atoms with Crippen LogP contribution >= 0.6 is 0 Å². The molecule has 0 saturated carbocycles. The summed E-state index contributed by atoms with van der Waals surface area (Å²) in [6.45, 7) is 0. The van der Waals surface area contributed by atoms with Gasteiger partial charge in [-0.2, -0.15) is 8.42 Å². The maximum Gasteiger partial charge on any atom is 1.00 e. The molecule has 7 heteroatoms. The number of rotatable bonds is 2. The summed E-state index contributed by atoms with van der Waals surface area (Å²) in [7, 11) is -3.24. The molecule has 0 saturated heterocycles. The second kappa shape index (κ2) is 4.92. The summed E-state index contributed by atoms with van der Waals surface area (Å²) in [5.74, 6) is -0.253. The van der Waals surface area contributed by atoms with Gasteiger partial charge in [0.2, 0.25) is 0 Å². The Labute approximate surface area is 99.0 Å². The summed E-state index contributed by atoms with van der Waals surface area (Å²) in [5.41, 5.74) is 0. The Morgan fingerprint density at radius 1 is 1.62 bits per heavy atom. The topological polar surface area (TPSA) is 73.6 Å². The molecule has 0 bridgehead atoms. The minimum Gasteiger partial charge on any atom is -1.00 e. The number of hydrogen-bond donors (Lipinski definition) is 0. The molecule has 0 N–H and O–H groups in total. The summed E-state index contributed by atoms with van der Waals surface area (Å²) >= 11 is 0. The Kier molecular flexibility index (Phi) is 4.87. The smallest absolute Gasteiger partial charge is 1.00 e. The molecule has 1 heterocycles. The third-order valence-corrected chi connectivity index (χ3v) is 2.26. The molecule has 0 unspecified atom stereocenters. The molecule has 0 radical (unpaired) electrons. The van der Waals surface area contributed by atoms with E-state index in [4.69, 9.17) is 0 Å². The van der Waals surface area contributed by atoms with Gasteiger partial charge in [0.25, 0.3) is 0 Å². The van der Waals surface area contributed by atoms with Crippen molar-refractivity contribution in [3.05, 3.63) is 24.2 Å². The molecule has 68 valence electrons. The van der Waals surface area contributed by atoms with Crippen molar-refractivity contribution in [3.8, 4) is 0 Å². The van der Waals surface area contributed by atoms with Crippen LogP contribution in [0.3, 0.4) is 0 Å². The second-order valence-electron chi connectivity index (χ2n) is 1.89. The van der Waals surface area contributed by atoms with Crippen molar-refractivity contribution < 1.29 is 52.8 Å². The standard InChI is InChI=1S/C6H6O5S.Na.H/c1-10-12(8,9)6(7)5-3-2-4-11-5;;/h2-4H,1H3;;/q;+1;-1. The largest absolute Gasteiger partial charge is 1.00 e. The van der Waals surface area contributed by atoms with Crippen molar-refractivity contribution in [2.24, 2.45) is 0 Å². The zero-order chi connectivity index (χ0) is 9.19. The van der Waals surface area contributed by atoms with E-state index in [0.29, 0.717) is 0 Å². The van der Waals surface area contributed by atoms with Crippen molar-refractivity contribution in [2.75, 3.05) is 7.11 Å². The van der Waals surface area contributed by atoms with Crippen molar-refractivity contribution in [1.29, 1.82) is 0 Å². The van der Waals surface area contributed by atoms with Gasteiger partial charge in [0.1, 0.15) is 0 Å². The maximum absolute atomic E-state index is 11.0. The minimum absolute atomic E-state index is 0. The van der Waals surface area contributed by atoms with Crippen LogP contribution in [0.1, 0.15) is 12.0 Å². The molecular formula is C6H7NaO5S. The average Bonchev–Trinajstić information content (AvgIpc) is 2.55. The zero-order valence-corrected chi connectivity index (χ0v) is 10.00. The van der Waals surface area contributed by atoms with Gasteiger partial charge in [-0.1, -0.05) is 0 Å². The van der Waals surface area contributed by atoms with Crippen LogP contribution in [0.2, 0.25) is 0 Å². The van der Waals surface area contributed by atoms with Crippen molar-refractivity contribution >= 4 is 15.2 Å². The first kappa shape index (κ1) is 12.9. The Hall–Kier alpha value is -0.140. The normalized spacial score (nSPS) is 10.5. The van der Waals surface area contributed by atoms with Gasteiger partial charge in [0, 0.05) is 0 Å². The molecule has 0 aliphatic rings. The van der Waals surface area contributed by atoms with Gasteiger partial charge in [-0.3, -0.25) is 8.98 Å². The van der Waals surface area contributed by atoms with Crippen LogP contribution in [-0.2, 0) is 14.3 Å². The van der Waals surface area contributed by atoms with Crippen LogP contribution in [-0.4, -0.2) is 20.6 Å². The summed E-state index contributed by atoms with van der Waals surface area (Å²) < 4.78 is 30.1. The molecule has 0 atom stereocenters. The fraction of sp³-hybridized carbons (Fsp3) is 0.167. The molecular weight excluding hydrogens is 207 g/mol. The van der Waals surface area contributed by atoms with E-state index in [0.717, 1.165) is 7.11 Å². The molecule has 0 aromatic carbocycles. The molecule has 1 rings (SSSR count). The van der Waals surface area contributed by atoms with Crippen LogP contribution in [0.4, 0.5) is 0 Å². The monoisotopic (exact) mass is 214 g/mol. The van der Waals surface area contributed by atoms with Crippen LogP contribution in [0.15, 0.2) is 22.8 Å². The van der Waals surface area contributed by atoms with Gasteiger partial charge in [-0.25, -0.2) is 0 Å². The predicted molar refractivity (Wildman–Crippen MR) is 40.1 cm³/mol. The van der Waals surface area contributed by atoms with E-state index < -0.39 is 15.2 Å². The molecule has 1 aromatic rings. The molecule has 1 aromatic heterocycles. The van der Waals surface area contributed by atoms with E-state index in [1.807, 2.05) is 0 Å². The van der Waals surface area contributed by atoms with Crippen molar-refractivity contribution in [2.45, 2.75) is 0 Å². The molecule has 5 nitrogen and oxygen atoms in total. The molecule has 0 aliphatic heterocycles. The fourth-order valence-corrected chi connectivity index (χ4v) is 1.11. The SMILES string of the molecule is COS(=O)(=O)C(=O)c1ccco1.[H-].[Na+]. The van der Waals surface area contributed by atoms with E-state index in [1.54, 1.807) is 0 Å². The molecule has 0 amide bonds. The van der Waals surface area contributed by atoms with E-state index in [1.165, 1.54) is 18.4 Å². The fourth-order valence-electron chi connectivity index (χ4n) is 0.594. The van der Waals surface area contributed by atoms with Crippen LogP contribution in [0, 0.1) is 0 Å². The Bertz CT molecular complexity index is 371. The summed E-state index contributed by atoms with van der Waals surface area (Å²) in [5, 5.41) is -1.17. The Balaban J connectivity index is 0. The third kappa shape index (κ3) is 2.92. The summed E-state index contributed by atoms with van der Waals surface area (Å²) in [4.78, 5) is 11.0. The van der Waals surface area contributed by atoms with E-state index in [9.17, 15) is 13.2 Å². The summed E-state index contributed by atoms with van der Waals surface area (Å²) in [6.07, 6.45) is 1.21. The van der Waals surface area contributed by atoms with E-state index in [-0.39, 0.29) is 36.7 Å². The molecule has 0 spiro atoms. The van der Waals surface area contributed by atoms with Crippen molar-refractivity contribution in [1.82, 2.24) is 0 Å². The van der Waals surface area contributed by atoms with E-state index >= 15 is 0 Å². The first-order chi connectivity index (χ1) is 5.58. The van der Waals surface area contributed by atoms with Gasteiger partial charge in [-0.05, 0) is 12.1 Å². The Morgan fingerprint density at radius 2 is 2.23 bits per heavy atom. The number of carbonyl (C=O) groups is 1. The van der Waals surface area contributed by atoms with Gasteiger partial charge >= 0.3 is 44.8 Å². The molecule has 0 aliphatic carbocycles. The first-order valence-electron chi connectivity index (χ1n) is 2.96. The van der Waals surface area contributed by atoms with Gasteiger partial charge in [0.05, 0.1) is 13.4 Å². The van der Waals surface area contributed by atoms with Crippen LogP contribution in [0.25, 0.3) is 0 Å². The average molecular weight is 214 g/mol. The second-order valence-corrected chi connectivity index (χ2v) is 3.50.